The fraction of sp³-hybridized carbons (Fsp3) is 0.133. The maximum atomic E-state index is 10.6. The molecule has 0 unspecified atom stereocenters. The van der Waals surface area contributed by atoms with Crippen LogP contribution in [0.2, 0.25) is 0 Å². The Bertz CT molecular complexity index is 524. The van der Waals surface area contributed by atoms with Gasteiger partial charge in [0.25, 0.3) is 0 Å². The number of primary amides is 1. The smallest absolute Gasteiger partial charge is 0.219 e. The summed E-state index contributed by atoms with van der Waals surface area (Å²) in [5.74, 6) is 1.26. The predicted molar refractivity (Wildman–Crippen MR) is 75.3 cm³/mol. The van der Waals surface area contributed by atoms with Gasteiger partial charge in [-0.3, -0.25) is 4.79 Å². The Morgan fingerprint density at radius 3 is 2.26 bits per heavy atom. The van der Waals surface area contributed by atoms with Gasteiger partial charge in [-0.2, -0.15) is 0 Å². The lowest BCUT2D eigenvalue weighted by atomic mass is 10.3. The molecule has 0 fully saturated rings. The number of nitrogens with two attached hydrogens (primary N) is 1. The number of benzene rings is 2. The van der Waals surface area contributed by atoms with Crippen molar-refractivity contribution in [2.75, 3.05) is 11.9 Å². The van der Waals surface area contributed by atoms with E-state index in [9.17, 15) is 4.79 Å². The van der Waals surface area contributed by atoms with Crippen molar-refractivity contribution in [1.29, 1.82) is 0 Å². The third-order valence-corrected chi connectivity index (χ3v) is 2.53. The molecule has 0 aliphatic rings. The van der Waals surface area contributed by atoms with Crippen LogP contribution in [0, 0.1) is 0 Å². The molecule has 1 amide bonds. The van der Waals surface area contributed by atoms with Crippen molar-refractivity contribution in [3.05, 3.63) is 54.6 Å². The first kappa shape index (κ1) is 13.0. The zero-order valence-electron chi connectivity index (χ0n) is 10.5. The van der Waals surface area contributed by atoms with E-state index in [2.05, 4.69) is 5.32 Å². The van der Waals surface area contributed by atoms with Crippen LogP contribution in [0.5, 0.6) is 11.5 Å². The van der Waals surface area contributed by atoms with Crippen molar-refractivity contribution in [2.45, 2.75) is 6.42 Å². The summed E-state index contributed by atoms with van der Waals surface area (Å²) in [6, 6.07) is 17.2. The van der Waals surface area contributed by atoms with E-state index >= 15 is 0 Å². The maximum absolute atomic E-state index is 10.6. The van der Waals surface area contributed by atoms with Gasteiger partial charge < -0.3 is 15.8 Å². The van der Waals surface area contributed by atoms with Gasteiger partial charge in [0.2, 0.25) is 5.91 Å². The molecular weight excluding hydrogens is 240 g/mol. The van der Waals surface area contributed by atoms with Gasteiger partial charge in [0, 0.05) is 18.7 Å². The second-order valence-corrected chi connectivity index (χ2v) is 4.08. The number of carbonyl (C=O) groups excluding carboxylic acids is 1. The second kappa shape index (κ2) is 6.44. The van der Waals surface area contributed by atoms with Gasteiger partial charge in [-0.15, -0.1) is 0 Å². The molecule has 2 rings (SSSR count). The minimum absolute atomic E-state index is 0.309. The van der Waals surface area contributed by atoms with Gasteiger partial charge in [-0.05, 0) is 36.4 Å². The van der Waals surface area contributed by atoms with Crippen LogP contribution >= 0.6 is 0 Å². The average Bonchev–Trinajstić information content (AvgIpc) is 2.42. The third-order valence-electron chi connectivity index (χ3n) is 2.53. The summed E-state index contributed by atoms with van der Waals surface area (Å²) in [7, 11) is 0. The number of para-hydroxylation sites is 1. The standard InChI is InChI=1S/C15H16N2O2/c16-15(18)10-11-17-12-6-8-14(9-7-12)19-13-4-2-1-3-5-13/h1-9,17H,10-11H2,(H2,16,18). The molecule has 0 aliphatic carbocycles. The van der Waals surface area contributed by atoms with Crippen LogP contribution < -0.4 is 15.8 Å². The first-order valence-electron chi connectivity index (χ1n) is 6.09. The van der Waals surface area contributed by atoms with E-state index in [1.54, 1.807) is 0 Å². The lowest BCUT2D eigenvalue weighted by Gasteiger charge is -2.08. The van der Waals surface area contributed by atoms with Gasteiger partial charge >= 0.3 is 0 Å². The van der Waals surface area contributed by atoms with Crippen LogP contribution in [0.1, 0.15) is 6.42 Å². The molecule has 4 nitrogen and oxygen atoms in total. The highest BCUT2D eigenvalue weighted by Gasteiger charge is 1.98. The first-order valence-corrected chi connectivity index (χ1v) is 6.09. The molecule has 3 N–H and O–H groups in total. The molecule has 19 heavy (non-hydrogen) atoms. The molecule has 0 atom stereocenters. The molecule has 0 saturated carbocycles. The van der Waals surface area contributed by atoms with Crippen molar-refractivity contribution in [3.63, 3.8) is 0 Å². The van der Waals surface area contributed by atoms with Crippen LogP contribution in [0.15, 0.2) is 54.6 Å². The van der Waals surface area contributed by atoms with E-state index in [1.165, 1.54) is 0 Å². The Morgan fingerprint density at radius 1 is 1.00 bits per heavy atom. The van der Waals surface area contributed by atoms with Crippen molar-refractivity contribution >= 4 is 11.6 Å². The van der Waals surface area contributed by atoms with E-state index in [0.717, 1.165) is 17.2 Å². The number of hydrogen-bond donors (Lipinski definition) is 2. The van der Waals surface area contributed by atoms with Crippen LogP contribution in [-0.4, -0.2) is 12.5 Å². The van der Waals surface area contributed by atoms with E-state index in [-0.39, 0.29) is 5.91 Å². The molecule has 2 aromatic carbocycles. The number of hydrogen-bond acceptors (Lipinski definition) is 3. The molecule has 98 valence electrons. The zero-order valence-corrected chi connectivity index (χ0v) is 10.5. The molecule has 0 bridgehead atoms. The van der Waals surface area contributed by atoms with Crippen LogP contribution in [0.25, 0.3) is 0 Å². The minimum atomic E-state index is -0.309. The SMILES string of the molecule is NC(=O)CCNc1ccc(Oc2ccccc2)cc1. The molecule has 0 spiro atoms. The molecule has 0 heterocycles. The van der Waals surface area contributed by atoms with Gasteiger partial charge in [0.1, 0.15) is 11.5 Å². The summed E-state index contributed by atoms with van der Waals surface area (Å²) < 4.78 is 5.67. The van der Waals surface area contributed by atoms with Crippen LogP contribution in [0.3, 0.4) is 0 Å². The average molecular weight is 256 g/mol. The zero-order chi connectivity index (χ0) is 13.5. The second-order valence-electron chi connectivity index (χ2n) is 4.08. The van der Waals surface area contributed by atoms with Crippen molar-refractivity contribution in [3.8, 4) is 11.5 Å². The van der Waals surface area contributed by atoms with Crippen LogP contribution in [0.4, 0.5) is 5.69 Å². The van der Waals surface area contributed by atoms with Gasteiger partial charge in [0.15, 0.2) is 0 Å². The summed E-state index contributed by atoms with van der Waals surface area (Å²) in [6.45, 7) is 0.536. The molecule has 0 radical (unpaired) electrons. The molecule has 0 aromatic heterocycles. The van der Waals surface area contributed by atoms with E-state index in [0.29, 0.717) is 13.0 Å². The van der Waals surface area contributed by atoms with Gasteiger partial charge in [-0.1, -0.05) is 18.2 Å². The summed E-state index contributed by atoms with van der Waals surface area (Å²) in [4.78, 5) is 10.6. The van der Waals surface area contributed by atoms with E-state index in [4.69, 9.17) is 10.5 Å². The third kappa shape index (κ3) is 4.35. The highest BCUT2D eigenvalue weighted by molar-refractivity contribution is 5.74. The van der Waals surface area contributed by atoms with Crippen LogP contribution in [-0.2, 0) is 4.79 Å². The Hall–Kier alpha value is -2.49. The van der Waals surface area contributed by atoms with Crippen molar-refractivity contribution in [1.82, 2.24) is 0 Å². The minimum Gasteiger partial charge on any atom is -0.457 e. The monoisotopic (exact) mass is 256 g/mol. The van der Waals surface area contributed by atoms with Crippen molar-refractivity contribution in [2.24, 2.45) is 5.73 Å². The van der Waals surface area contributed by atoms with Gasteiger partial charge in [-0.25, -0.2) is 0 Å². The Kier molecular flexibility index (Phi) is 4.39. The highest BCUT2D eigenvalue weighted by Crippen LogP contribution is 2.22. The topological polar surface area (TPSA) is 64.4 Å². The lowest BCUT2D eigenvalue weighted by Crippen LogP contribution is -2.15. The lowest BCUT2D eigenvalue weighted by molar-refractivity contribution is -0.117. The van der Waals surface area contributed by atoms with E-state index < -0.39 is 0 Å². The van der Waals surface area contributed by atoms with Crippen molar-refractivity contribution < 1.29 is 9.53 Å². The fourth-order valence-electron chi connectivity index (χ4n) is 1.60. The number of ether oxygens (including phenoxy) is 1. The normalized spacial score (nSPS) is 9.89. The van der Waals surface area contributed by atoms with E-state index in [1.807, 2.05) is 54.6 Å². The molecule has 0 saturated heterocycles. The number of anilines is 1. The summed E-state index contributed by atoms with van der Waals surface area (Å²) >= 11 is 0. The number of amides is 1. The largest absolute Gasteiger partial charge is 0.457 e. The summed E-state index contributed by atoms with van der Waals surface area (Å²) in [5.41, 5.74) is 6.00. The Labute approximate surface area is 112 Å². The maximum Gasteiger partial charge on any atom is 0.219 e. The molecular formula is C15H16N2O2. The number of carbonyl (C=O) groups is 1. The fourth-order valence-corrected chi connectivity index (χ4v) is 1.60. The summed E-state index contributed by atoms with van der Waals surface area (Å²) in [5, 5.41) is 3.11. The molecule has 4 heteroatoms. The molecule has 0 aliphatic heterocycles. The predicted octanol–water partition coefficient (Wildman–Crippen LogP) is 2.77. The first-order chi connectivity index (χ1) is 9.24. The number of nitrogens with one attached hydrogen (secondary N) is 1. The highest BCUT2D eigenvalue weighted by atomic mass is 16.5. The molecule has 2 aromatic rings. The Balaban J connectivity index is 1.89. The quantitative estimate of drug-likeness (QED) is 0.835. The van der Waals surface area contributed by atoms with Gasteiger partial charge in [0.05, 0.1) is 0 Å². The summed E-state index contributed by atoms with van der Waals surface area (Å²) in [6.07, 6.45) is 0.322. The number of rotatable bonds is 6. The Morgan fingerprint density at radius 2 is 1.63 bits per heavy atom.